The van der Waals surface area contributed by atoms with E-state index in [9.17, 15) is 4.79 Å². The topological polar surface area (TPSA) is 64.6 Å². The van der Waals surface area contributed by atoms with Gasteiger partial charge in [0.25, 0.3) is 5.91 Å². The van der Waals surface area contributed by atoms with Crippen molar-refractivity contribution in [3.63, 3.8) is 0 Å². The Morgan fingerprint density at radius 2 is 2.48 bits per heavy atom. The van der Waals surface area contributed by atoms with E-state index in [0.29, 0.717) is 25.4 Å². The summed E-state index contributed by atoms with van der Waals surface area (Å²) in [7, 11) is 1.71. The first-order valence-electron chi connectivity index (χ1n) is 7.41. The smallest absolute Gasteiger partial charge is 0.274 e. The van der Waals surface area contributed by atoms with Gasteiger partial charge in [0.05, 0.1) is 18.9 Å². The molecule has 2 saturated heterocycles. The Kier molecular flexibility index (Phi) is 4.17. The van der Waals surface area contributed by atoms with Crippen molar-refractivity contribution in [2.24, 2.45) is 5.41 Å². The molecule has 2 atom stereocenters. The summed E-state index contributed by atoms with van der Waals surface area (Å²) >= 11 is 0. The molecule has 6 nitrogen and oxygen atoms in total. The molecule has 3 heterocycles. The fraction of sp³-hybridized carbons (Fsp3) is 0.667. The third-order valence-corrected chi connectivity index (χ3v) is 4.49. The highest BCUT2D eigenvalue weighted by atomic mass is 16.5. The number of hydrogen-bond donors (Lipinski definition) is 0. The second-order valence-corrected chi connectivity index (χ2v) is 5.86. The van der Waals surface area contributed by atoms with Gasteiger partial charge in [-0.25, -0.2) is 4.98 Å². The van der Waals surface area contributed by atoms with Crippen LogP contribution >= 0.6 is 0 Å². The third-order valence-electron chi connectivity index (χ3n) is 4.49. The van der Waals surface area contributed by atoms with Gasteiger partial charge in [0, 0.05) is 44.6 Å². The molecule has 1 amide bonds. The first-order valence-corrected chi connectivity index (χ1v) is 7.41. The Bertz CT molecular complexity index is 492. The van der Waals surface area contributed by atoms with Crippen LogP contribution in [0.2, 0.25) is 0 Å². The summed E-state index contributed by atoms with van der Waals surface area (Å²) in [5, 5.41) is 0. The lowest BCUT2D eigenvalue weighted by Gasteiger charge is -2.50. The number of aromatic nitrogens is 2. The highest BCUT2D eigenvalue weighted by Crippen LogP contribution is 2.40. The highest BCUT2D eigenvalue weighted by molar-refractivity contribution is 5.92. The van der Waals surface area contributed by atoms with E-state index in [2.05, 4.69) is 9.97 Å². The zero-order valence-corrected chi connectivity index (χ0v) is 12.3. The van der Waals surface area contributed by atoms with Crippen LogP contribution in [0.5, 0.6) is 0 Å². The lowest BCUT2D eigenvalue weighted by atomic mass is 9.73. The van der Waals surface area contributed by atoms with Crippen LogP contribution in [0.25, 0.3) is 0 Å². The van der Waals surface area contributed by atoms with Crippen LogP contribution < -0.4 is 0 Å². The summed E-state index contributed by atoms with van der Waals surface area (Å²) in [6.45, 7) is 2.81. The molecular weight excluding hydrogens is 270 g/mol. The van der Waals surface area contributed by atoms with Crippen molar-refractivity contribution < 1.29 is 14.3 Å². The molecule has 2 aliphatic rings. The van der Waals surface area contributed by atoms with Crippen LogP contribution in [0, 0.1) is 5.41 Å². The number of piperidine rings is 1. The summed E-state index contributed by atoms with van der Waals surface area (Å²) in [5.74, 6) is -0.0531. The number of fused-ring (bicyclic) bond motifs is 1. The molecule has 1 aromatic heterocycles. The number of carbonyl (C=O) groups excluding carboxylic acids is 1. The van der Waals surface area contributed by atoms with Crippen LogP contribution in [-0.2, 0) is 9.47 Å². The van der Waals surface area contributed by atoms with Crippen molar-refractivity contribution in [2.75, 3.05) is 33.4 Å². The van der Waals surface area contributed by atoms with E-state index in [-0.39, 0.29) is 17.4 Å². The summed E-state index contributed by atoms with van der Waals surface area (Å²) < 4.78 is 11.4. The second-order valence-electron chi connectivity index (χ2n) is 5.86. The SMILES string of the molecule is COC[C@@]12CCCO[C@@H]1CCN(C(=O)c1cnccn1)C2. The van der Waals surface area contributed by atoms with Gasteiger partial charge in [-0.15, -0.1) is 0 Å². The molecule has 1 aromatic rings. The number of hydrogen-bond acceptors (Lipinski definition) is 5. The largest absolute Gasteiger partial charge is 0.384 e. The van der Waals surface area contributed by atoms with Crippen molar-refractivity contribution in [2.45, 2.75) is 25.4 Å². The number of carbonyl (C=O) groups is 1. The molecule has 0 N–H and O–H groups in total. The zero-order valence-electron chi connectivity index (χ0n) is 12.3. The standard InChI is InChI=1S/C15H21N3O3/c1-20-11-15-4-2-8-21-13(15)3-7-18(10-15)14(19)12-9-16-5-6-17-12/h5-6,9,13H,2-4,7-8,10-11H2,1H3/t13-,15+/m1/s1. The maximum atomic E-state index is 12.6. The van der Waals surface area contributed by atoms with Gasteiger partial charge in [-0.05, 0) is 19.3 Å². The Hall–Kier alpha value is -1.53. The van der Waals surface area contributed by atoms with Gasteiger partial charge in [-0.3, -0.25) is 9.78 Å². The maximum absolute atomic E-state index is 12.6. The average molecular weight is 291 g/mol. The first-order chi connectivity index (χ1) is 10.2. The van der Waals surface area contributed by atoms with E-state index in [4.69, 9.17) is 9.47 Å². The average Bonchev–Trinajstić information content (AvgIpc) is 2.54. The Morgan fingerprint density at radius 1 is 1.57 bits per heavy atom. The number of rotatable bonds is 3. The third kappa shape index (κ3) is 2.78. The molecule has 2 aliphatic heterocycles. The number of amides is 1. The molecule has 21 heavy (non-hydrogen) atoms. The molecule has 0 saturated carbocycles. The summed E-state index contributed by atoms with van der Waals surface area (Å²) in [5.41, 5.74) is 0.323. The monoisotopic (exact) mass is 291 g/mol. The van der Waals surface area contributed by atoms with Gasteiger partial charge in [-0.2, -0.15) is 0 Å². The van der Waals surface area contributed by atoms with Crippen molar-refractivity contribution in [3.8, 4) is 0 Å². The number of nitrogens with zero attached hydrogens (tertiary/aromatic N) is 3. The number of methoxy groups -OCH3 is 1. The molecule has 0 unspecified atom stereocenters. The minimum absolute atomic E-state index is 0.0531. The van der Waals surface area contributed by atoms with Gasteiger partial charge in [-0.1, -0.05) is 0 Å². The van der Waals surface area contributed by atoms with Crippen LogP contribution in [0.4, 0.5) is 0 Å². The van der Waals surface area contributed by atoms with E-state index in [1.807, 2.05) is 4.90 Å². The number of ether oxygens (including phenoxy) is 2. The van der Waals surface area contributed by atoms with Gasteiger partial charge < -0.3 is 14.4 Å². The summed E-state index contributed by atoms with van der Waals surface area (Å²) in [6.07, 6.45) is 7.75. The molecule has 0 spiro atoms. The van der Waals surface area contributed by atoms with Crippen molar-refractivity contribution in [1.29, 1.82) is 0 Å². The van der Waals surface area contributed by atoms with Crippen LogP contribution in [0.3, 0.4) is 0 Å². The van der Waals surface area contributed by atoms with E-state index >= 15 is 0 Å². The predicted molar refractivity (Wildman–Crippen MR) is 75.8 cm³/mol. The van der Waals surface area contributed by atoms with Crippen LogP contribution in [-0.4, -0.2) is 60.3 Å². The summed E-state index contributed by atoms with van der Waals surface area (Å²) in [4.78, 5) is 22.5. The lowest BCUT2D eigenvalue weighted by molar-refractivity contribution is -0.142. The minimum atomic E-state index is -0.0802. The Labute approximate surface area is 124 Å². The molecule has 114 valence electrons. The molecule has 2 fully saturated rings. The van der Waals surface area contributed by atoms with E-state index < -0.39 is 0 Å². The first kappa shape index (κ1) is 14.4. The molecule has 6 heteroatoms. The van der Waals surface area contributed by atoms with Gasteiger partial charge in [0.2, 0.25) is 0 Å². The quantitative estimate of drug-likeness (QED) is 0.835. The number of likely N-dealkylation sites (tertiary alicyclic amines) is 1. The minimum Gasteiger partial charge on any atom is -0.384 e. The molecular formula is C15H21N3O3. The van der Waals surface area contributed by atoms with Crippen LogP contribution in [0.1, 0.15) is 29.8 Å². The lowest BCUT2D eigenvalue weighted by Crippen LogP contribution is -2.58. The fourth-order valence-corrected chi connectivity index (χ4v) is 3.53. The maximum Gasteiger partial charge on any atom is 0.274 e. The van der Waals surface area contributed by atoms with Gasteiger partial charge in [0.15, 0.2) is 0 Å². The van der Waals surface area contributed by atoms with Gasteiger partial charge >= 0.3 is 0 Å². The molecule has 0 aliphatic carbocycles. The van der Waals surface area contributed by atoms with E-state index in [1.165, 1.54) is 6.20 Å². The Morgan fingerprint density at radius 3 is 3.24 bits per heavy atom. The normalized spacial score (nSPS) is 29.0. The second kappa shape index (κ2) is 6.07. The van der Waals surface area contributed by atoms with Crippen LogP contribution in [0.15, 0.2) is 18.6 Å². The van der Waals surface area contributed by atoms with Crippen molar-refractivity contribution in [3.05, 3.63) is 24.3 Å². The van der Waals surface area contributed by atoms with Gasteiger partial charge in [0.1, 0.15) is 5.69 Å². The molecule has 0 aromatic carbocycles. The molecule has 3 rings (SSSR count). The highest BCUT2D eigenvalue weighted by Gasteiger charge is 2.47. The Balaban J connectivity index is 1.78. The molecule has 0 radical (unpaired) electrons. The van der Waals surface area contributed by atoms with Crippen molar-refractivity contribution >= 4 is 5.91 Å². The predicted octanol–water partition coefficient (Wildman–Crippen LogP) is 1.13. The van der Waals surface area contributed by atoms with E-state index in [1.54, 1.807) is 19.5 Å². The fourth-order valence-electron chi connectivity index (χ4n) is 3.53. The zero-order chi connectivity index (χ0) is 14.7. The summed E-state index contributed by atoms with van der Waals surface area (Å²) in [6, 6.07) is 0. The van der Waals surface area contributed by atoms with Crippen molar-refractivity contribution in [1.82, 2.24) is 14.9 Å². The molecule has 0 bridgehead atoms. The van der Waals surface area contributed by atoms with E-state index in [0.717, 1.165) is 25.9 Å².